The molecule has 0 amide bonds. The SMILES string of the molecule is CCCCC.CNC1CCC(CC2CCC(NC)CC2)CC1.CNCC(C)OCC(C)NC.CNc1ccc(Cc2ccc(NC)cc2)cc1.CNc1ccc(NC)cc1. The van der Waals surface area contributed by atoms with Crippen LogP contribution in [0.5, 0.6) is 0 Å². The van der Waals surface area contributed by atoms with Crippen LogP contribution in [-0.2, 0) is 11.2 Å². The van der Waals surface area contributed by atoms with Gasteiger partial charge in [0.25, 0.3) is 0 Å². The van der Waals surface area contributed by atoms with Gasteiger partial charge >= 0.3 is 0 Å². The highest BCUT2D eigenvalue weighted by Crippen LogP contribution is 2.35. The first-order valence-electron chi connectivity index (χ1n) is 23.4. The van der Waals surface area contributed by atoms with Crippen LogP contribution >= 0.6 is 0 Å². The molecule has 2 atom stereocenters. The zero-order valence-electron chi connectivity index (χ0n) is 40.4. The van der Waals surface area contributed by atoms with Crippen LogP contribution in [0.25, 0.3) is 0 Å². The molecule has 0 saturated heterocycles. The third-order valence-electron chi connectivity index (χ3n) is 11.9. The highest BCUT2D eigenvalue weighted by atomic mass is 16.5. The topological polar surface area (TPSA) is 105 Å². The van der Waals surface area contributed by atoms with Crippen LogP contribution in [0.3, 0.4) is 0 Å². The number of anilines is 4. The molecule has 3 aromatic rings. The van der Waals surface area contributed by atoms with Gasteiger partial charge in [-0.2, -0.15) is 0 Å². The Balaban J connectivity index is 0.000000394. The van der Waals surface area contributed by atoms with Crippen molar-refractivity contribution in [2.24, 2.45) is 11.8 Å². The smallest absolute Gasteiger partial charge is 0.0672 e. The summed E-state index contributed by atoms with van der Waals surface area (Å²) < 4.78 is 5.51. The molecular weight excluding hydrogens is 741 g/mol. The van der Waals surface area contributed by atoms with E-state index in [0.717, 1.165) is 66.2 Å². The molecule has 2 unspecified atom stereocenters. The lowest BCUT2D eigenvalue weighted by molar-refractivity contribution is 0.0554. The Kier molecular flexibility index (Phi) is 32.1. The summed E-state index contributed by atoms with van der Waals surface area (Å²) in [6, 6.07) is 27.3. The molecule has 5 rings (SSSR count). The van der Waals surface area contributed by atoms with E-state index in [4.69, 9.17) is 4.74 Å². The van der Waals surface area contributed by atoms with Gasteiger partial charge in [0.15, 0.2) is 0 Å². The van der Waals surface area contributed by atoms with Crippen molar-refractivity contribution >= 4 is 22.7 Å². The van der Waals surface area contributed by atoms with Gasteiger partial charge in [0, 0.05) is 75.6 Å². The molecule has 0 spiro atoms. The molecule has 8 N–H and O–H groups in total. The molecule has 9 heteroatoms. The van der Waals surface area contributed by atoms with Crippen LogP contribution in [0.1, 0.15) is 116 Å². The van der Waals surface area contributed by atoms with Gasteiger partial charge in [-0.1, -0.05) is 57.4 Å². The summed E-state index contributed by atoms with van der Waals surface area (Å²) in [5, 5.41) is 25.4. The maximum atomic E-state index is 5.51. The molecule has 0 bridgehead atoms. The largest absolute Gasteiger partial charge is 0.388 e. The van der Waals surface area contributed by atoms with E-state index in [1.807, 2.05) is 66.6 Å². The van der Waals surface area contributed by atoms with E-state index in [9.17, 15) is 0 Å². The van der Waals surface area contributed by atoms with Crippen LogP contribution in [0.15, 0.2) is 72.8 Å². The molecule has 60 heavy (non-hydrogen) atoms. The maximum absolute atomic E-state index is 5.51. The zero-order valence-corrected chi connectivity index (χ0v) is 40.4. The van der Waals surface area contributed by atoms with E-state index in [0.29, 0.717) is 12.1 Å². The van der Waals surface area contributed by atoms with Gasteiger partial charge in [-0.25, -0.2) is 0 Å². The number of rotatable bonds is 18. The Morgan fingerprint density at radius 3 is 1.13 bits per heavy atom. The minimum atomic E-state index is 0.302. The van der Waals surface area contributed by atoms with Crippen molar-refractivity contribution in [2.75, 3.05) is 90.8 Å². The zero-order chi connectivity index (χ0) is 44.4. The Bertz CT molecular complexity index is 1280. The second-order valence-electron chi connectivity index (χ2n) is 16.6. The van der Waals surface area contributed by atoms with Crippen LogP contribution < -0.4 is 42.5 Å². The molecule has 2 aliphatic carbocycles. The highest BCUT2D eigenvalue weighted by molar-refractivity contribution is 5.53. The Labute approximate surface area is 369 Å². The predicted molar refractivity (Wildman–Crippen MR) is 268 cm³/mol. The van der Waals surface area contributed by atoms with Gasteiger partial charge in [-0.05, 0) is 178 Å². The van der Waals surface area contributed by atoms with E-state index < -0.39 is 0 Å². The first kappa shape index (κ1) is 54.7. The van der Waals surface area contributed by atoms with Crippen molar-refractivity contribution in [1.82, 2.24) is 21.3 Å². The molecule has 0 aliphatic heterocycles. The molecule has 0 aromatic heterocycles. The maximum Gasteiger partial charge on any atom is 0.0672 e. The fraction of sp³-hybridized carbons (Fsp3) is 0.647. The standard InChI is InChI=1S/C15H30N2.C15H18N2.C8H20N2O.C8H12N2.C5H12/c2*1-16-14-7-3-12(4-8-14)11-13-5-9-15(17-2)10-6-13;1-7(10-4)6-11-8(2)5-9-3;1-9-7-3-5-8(10-2)6-4-7;1-3-5-4-2/h12-17H,3-11H2,1-2H3;3-10,16-17H,11H2,1-2H3;7-10H,5-6H2,1-4H3;3-6,9-10H,1-2H3;3-5H2,1-2H3. The number of benzene rings is 3. The molecule has 2 aliphatic rings. The van der Waals surface area contributed by atoms with Gasteiger partial charge in [0.2, 0.25) is 0 Å². The van der Waals surface area contributed by atoms with Gasteiger partial charge in [0.05, 0.1) is 12.7 Å². The fourth-order valence-electron chi connectivity index (χ4n) is 7.55. The first-order chi connectivity index (χ1) is 29.1. The summed E-state index contributed by atoms with van der Waals surface area (Å²) in [6.45, 7) is 10.3. The van der Waals surface area contributed by atoms with E-state index in [2.05, 4.69) is 133 Å². The van der Waals surface area contributed by atoms with E-state index in [1.165, 1.54) is 88.2 Å². The van der Waals surface area contributed by atoms with Gasteiger partial charge in [-0.15, -0.1) is 0 Å². The molecule has 2 saturated carbocycles. The van der Waals surface area contributed by atoms with Crippen molar-refractivity contribution in [3.63, 3.8) is 0 Å². The molecule has 0 radical (unpaired) electrons. The summed E-state index contributed by atoms with van der Waals surface area (Å²) in [5.41, 5.74) is 7.25. The molecule has 2 fully saturated rings. The van der Waals surface area contributed by atoms with Crippen LogP contribution in [0, 0.1) is 11.8 Å². The van der Waals surface area contributed by atoms with E-state index in [-0.39, 0.29) is 0 Å². The Morgan fingerprint density at radius 2 is 0.867 bits per heavy atom. The number of nitrogens with one attached hydrogen (secondary N) is 8. The van der Waals surface area contributed by atoms with E-state index in [1.54, 1.807) is 0 Å². The average molecular weight is 833 g/mol. The van der Waals surface area contributed by atoms with Crippen molar-refractivity contribution in [1.29, 1.82) is 0 Å². The highest BCUT2D eigenvalue weighted by Gasteiger charge is 2.26. The lowest BCUT2D eigenvalue weighted by atomic mass is 9.76. The number of hydrogen-bond acceptors (Lipinski definition) is 9. The molecule has 3 aromatic carbocycles. The van der Waals surface area contributed by atoms with Gasteiger partial charge in [-0.3, -0.25) is 0 Å². The van der Waals surface area contributed by atoms with Crippen LogP contribution in [-0.4, -0.2) is 93.8 Å². The summed E-state index contributed by atoms with van der Waals surface area (Å²) in [7, 11) is 15.8. The van der Waals surface area contributed by atoms with E-state index >= 15 is 0 Å². The Hall–Kier alpha value is -3.34. The minimum absolute atomic E-state index is 0.302. The van der Waals surface area contributed by atoms with Crippen molar-refractivity contribution in [3.05, 3.63) is 83.9 Å². The van der Waals surface area contributed by atoms with Gasteiger partial charge in [0.1, 0.15) is 0 Å². The third-order valence-corrected chi connectivity index (χ3v) is 11.9. The number of unbranched alkanes of at least 4 members (excludes halogenated alkanes) is 2. The average Bonchev–Trinajstić information content (AvgIpc) is 3.30. The molecule has 0 heterocycles. The molecule has 9 nitrogen and oxygen atoms in total. The number of hydrogen-bond donors (Lipinski definition) is 8. The van der Waals surface area contributed by atoms with Crippen molar-refractivity contribution in [3.8, 4) is 0 Å². The monoisotopic (exact) mass is 833 g/mol. The lowest BCUT2D eigenvalue weighted by Gasteiger charge is -2.34. The summed E-state index contributed by atoms with van der Waals surface area (Å²) >= 11 is 0. The van der Waals surface area contributed by atoms with Crippen LogP contribution in [0.4, 0.5) is 22.7 Å². The Morgan fingerprint density at radius 1 is 0.517 bits per heavy atom. The third kappa shape index (κ3) is 25.4. The number of ether oxygens (including phenoxy) is 1. The van der Waals surface area contributed by atoms with Crippen molar-refractivity contribution in [2.45, 2.75) is 135 Å². The van der Waals surface area contributed by atoms with Crippen molar-refractivity contribution < 1.29 is 4.74 Å². The van der Waals surface area contributed by atoms with Crippen LogP contribution in [0.2, 0.25) is 0 Å². The molecular formula is C51H92N8O. The minimum Gasteiger partial charge on any atom is -0.388 e. The molecule has 342 valence electrons. The second-order valence-corrected chi connectivity index (χ2v) is 16.6. The predicted octanol–water partition coefficient (Wildman–Crippen LogP) is 10.5. The van der Waals surface area contributed by atoms with Gasteiger partial charge < -0.3 is 47.3 Å². The lowest BCUT2D eigenvalue weighted by Crippen LogP contribution is -2.33. The quantitative estimate of drug-likeness (QED) is 0.0636. The fourth-order valence-corrected chi connectivity index (χ4v) is 7.55. The number of likely N-dealkylation sites (N-methyl/N-ethyl adjacent to an activating group) is 2. The summed E-state index contributed by atoms with van der Waals surface area (Å²) in [6.07, 6.45) is 18.4. The summed E-state index contributed by atoms with van der Waals surface area (Å²) in [4.78, 5) is 0. The first-order valence-corrected chi connectivity index (χ1v) is 23.4. The second kappa shape index (κ2) is 35.3. The normalized spacial score (nSPS) is 19.1. The summed E-state index contributed by atoms with van der Waals surface area (Å²) in [5.74, 6) is 2.08.